The third-order valence-electron chi connectivity index (χ3n) is 5.46. The Morgan fingerprint density at radius 3 is 2.44 bits per heavy atom. The number of rotatable bonds is 4. The van der Waals surface area contributed by atoms with Crippen LogP contribution in [0.15, 0.2) is 59.6 Å². The molecule has 0 amide bonds. The van der Waals surface area contributed by atoms with E-state index in [-0.39, 0.29) is 36.5 Å². The Labute approximate surface area is 200 Å². The summed E-state index contributed by atoms with van der Waals surface area (Å²) in [6.45, 7) is 4.76. The molecule has 1 aliphatic rings. The minimum Gasteiger partial charge on any atom is -0.378 e. The van der Waals surface area contributed by atoms with Gasteiger partial charge >= 0.3 is 0 Å². The molecule has 3 aromatic rings. The summed E-state index contributed by atoms with van der Waals surface area (Å²) in [7, 11) is 1.83. The van der Waals surface area contributed by atoms with Gasteiger partial charge in [-0.05, 0) is 17.2 Å². The van der Waals surface area contributed by atoms with Crippen molar-refractivity contribution < 1.29 is 9.13 Å². The molecule has 2 heterocycles. The number of morpholine rings is 1. The van der Waals surface area contributed by atoms with E-state index in [1.807, 2.05) is 67.4 Å². The summed E-state index contributed by atoms with van der Waals surface area (Å²) in [5, 5.41) is 4.58. The van der Waals surface area contributed by atoms with Crippen molar-refractivity contribution in [2.24, 2.45) is 17.8 Å². The van der Waals surface area contributed by atoms with Crippen molar-refractivity contribution in [3.05, 3.63) is 71.7 Å². The molecule has 1 aliphatic heterocycles. The Bertz CT molecular complexity index is 1050. The zero-order valence-corrected chi connectivity index (χ0v) is 19.7. The molecule has 1 unspecified atom stereocenters. The molecule has 9 heteroatoms. The Morgan fingerprint density at radius 1 is 1.09 bits per heavy atom. The quantitative estimate of drug-likeness (QED) is 0.441. The van der Waals surface area contributed by atoms with E-state index in [1.54, 1.807) is 10.7 Å². The third-order valence-corrected chi connectivity index (χ3v) is 5.46. The topological polar surface area (TPSA) is 68.7 Å². The maximum atomic E-state index is 14.8. The molecule has 172 valence electrons. The summed E-state index contributed by atoms with van der Waals surface area (Å²) in [6, 6.07) is 16.8. The fourth-order valence-electron chi connectivity index (χ4n) is 3.60. The highest BCUT2D eigenvalue weighted by Gasteiger charge is 2.18. The highest BCUT2D eigenvalue weighted by atomic mass is 35.5. The molecule has 6 nitrogen and oxygen atoms in total. The molecule has 0 aliphatic carbocycles. The van der Waals surface area contributed by atoms with Crippen LogP contribution >= 0.6 is 24.8 Å². The van der Waals surface area contributed by atoms with Gasteiger partial charge in [-0.3, -0.25) is 4.68 Å². The number of aliphatic imine (C=N–C) groups is 1. The van der Waals surface area contributed by atoms with Crippen LogP contribution in [-0.4, -0.2) is 46.9 Å². The van der Waals surface area contributed by atoms with Crippen LogP contribution in [0.3, 0.4) is 0 Å². The number of halogens is 3. The number of hydrogen-bond donors (Lipinski definition) is 1. The first-order valence-electron chi connectivity index (χ1n) is 10.1. The molecule has 1 atom stereocenters. The molecule has 0 spiro atoms. The van der Waals surface area contributed by atoms with Gasteiger partial charge in [0.15, 0.2) is 11.8 Å². The number of aromatic nitrogens is 2. The summed E-state index contributed by atoms with van der Waals surface area (Å²) in [6.07, 6.45) is 0. The summed E-state index contributed by atoms with van der Waals surface area (Å²) in [5.41, 5.74) is 9.30. The average molecular weight is 480 g/mol. The van der Waals surface area contributed by atoms with E-state index in [2.05, 4.69) is 10.1 Å². The number of nitrogens with zero attached hydrogens (tertiary/aromatic N) is 4. The molecule has 4 rings (SSSR count). The summed E-state index contributed by atoms with van der Waals surface area (Å²) in [5.74, 6) is 0.807. The number of guanidine groups is 1. The van der Waals surface area contributed by atoms with Crippen LogP contribution in [0.5, 0.6) is 0 Å². The van der Waals surface area contributed by atoms with Gasteiger partial charge in [0.25, 0.3) is 0 Å². The molecule has 1 fully saturated rings. The molecule has 32 heavy (non-hydrogen) atoms. The molecule has 0 bridgehead atoms. The third kappa shape index (κ3) is 5.59. The molecular weight excluding hydrogens is 452 g/mol. The number of hydrogen-bond acceptors (Lipinski definition) is 3. The van der Waals surface area contributed by atoms with Crippen LogP contribution in [0.2, 0.25) is 0 Å². The monoisotopic (exact) mass is 479 g/mol. The van der Waals surface area contributed by atoms with Gasteiger partial charge in [-0.25, -0.2) is 4.39 Å². The van der Waals surface area contributed by atoms with Crippen molar-refractivity contribution >= 4 is 36.6 Å². The first kappa shape index (κ1) is 25.6. The van der Waals surface area contributed by atoms with Crippen molar-refractivity contribution in [1.82, 2.24) is 14.7 Å². The van der Waals surface area contributed by atoms with E-state index in [9.17, 15) is 4.39 Å². The molecule has 2 N–H and O–H groups in total. The van der Waals surface area contributed by atoms with E-state index < -0.39 is 0 Å². The van der Waals surface area contributed by atoms with Gasteiger partial charge in [0, 0.05) is 37.7 Å². The van der Waals surface area contributed by atoms with E-state index in [0.717, 1.165) is 29.9 Å². The van der Waals surface area contributed by atoms with Gasteiger partial charge in [-0.15, -0.1) is 24.8 Å². The lowest BCUT2D eigenvalue weighted by molar-refractivity contribution is 0.0675. The Balaban J connectivity index is 0.00000181. The van der Waals surface area contributed by atoms with Crippen molar-refractivity contribution in [2.45, 2.75) is 12.8 Å². The SMILES string of the molecule is CC(c1ccc(-c2ccccc2)c(F)c1)c1cc(/N=C(\N)N2CCOCC2)n(C)n1.Cl.Cl. The Kier molecular flexibility index (Phi) is 9.07. The van der Waals surface area contributed by atoms with Crippen molar-refractivity contribution in [1.29, 1.82) is 0 Å². The van der Waals surface area contributed by atoms with E-state index >= 15 is 0 Å². The van der Waals surface area contributed by atoms with Gasteiger partial charge in [-0.2, -0.15) is 10.1 Å². The van der Waals surface area contributed by atoms with E-state index in [0.29, 0.717) is 30.6 Å². The number of nitrogens with two attached hydrogens (primary N) is 1. The standard InChI is InChI=1S/C23H26FN5O.2ClH/c1-16(18-8-9-19(20(24)14-18)17-6-4-3-5-7-17)21-15-22(28(2)27-21)26-23(25)29-10-12-30-13-11-29;;/h3-9,14-16H,10-13H2,1-2H3,(H2,25,26);2*1H. The predicted molar refractivity (Wildman–Crippen MR) is 131 cm³/mol. The number of benzene rings is 2. The maximum absolute atomic E-state index is 14.8. The van der Waals surface area contributed by atoms with Crippen molar-refractivity contribution in [3.8, 4) is 11.1 Å². The summed E-state index contributed by atoms with van der Waals surface area (Å²) >= 11 is 0. The normalized spacial score (nSPS) is 15.0. The van der Waals surface area contributed by atoms with Crippen LogP contribution in [0.25, 0.3) is 11.1 Å². The lowest BCUT2D eigenvalue weighted by atomic mass is 9.95. The van der Waals surface area contributed by atoms with Gasteiger partial charge in [0.1, 0.15) is 5.82 Å². The van der Waals surface area contributed by atoms with Gasteiger partial charge in [-0.1, -0.05) is 49.4 Å². The van der Waals surface area contributed by atoms with Crippen LogP contribution in [0.1, 0.15) is 24.1 Å². The van der Waals surface area contributed by atoms with Crippen LogP contribution in [0.4, 0.5) is 10.2 Å². The molecule has 1 aromatic heterocycles. The minimum absolute atomic E-state index is 0. The largest absolute Gasteiger partial charge is 0.378 e. The lowest BCUT2D eigenvalue weighted by Crippen LogP contribution is -2.44. The fourth-order valence-corrected chi connectivity index (χ4v) is 3.60. The summed E-state index contributed by atoms with van der Waals surface area (Å²) in [4.78, 5) is 6.54. The molecule has 0 radical (unpaired) electrons. The molecule has 1 saturated heterocycles. The van der Waals surface area contributed by atoms with Crippen LogP contribution < -0.4 is 5.73 Å². The van der Waals surface area contributed by atoms with Crippen molar-refractivity contribution in [2.75, 3.05) is 26.3 Å². The molecule has 0 saturated carbocycles. The van der Waals surface area contributed by atoms with Crippen LogP contribution in [-0.2, 0) is 11.8 Å². The molecular formula is C23H28Cl2FN5O. The fraction of sp³-hybridized carbons (Fsp3) is 0.304. The van der Waals surface area contributed by atoms with Crippen molar-refractivity contribution in [3.63, 3.8) is 0 Å². The zero-order valence-electron chi connectivity index (χ0n) is 18.1. The first-order valence-corrected chi connectivity index (χ1v) is 10.1. The average Bonchev–Trinajstić information content (AvgIpc) is 3.14. The number of ether oxygens (including phenoxy) is 1. The predicted octanol–water partition coefficient (Wildman–Crippen LogP) is 4.50. The highest BCUT2D eigenvalue weighted by Crippen LogP contribution is 2.30. The van der Waals surface area contributed by atoms with Crippen LogP contribution in [0, 0.1) is 5.82 Å². The zero-order chi connectivity index (χ0) is 21.1. The smallest absolute Gasteiger partial charge is 0.198 e. The first-order chi connectivity index (χ1) is 14.5. The summed E-state index contributed by atoms with van der Waals surface area (Å²) < 4.78 is 21.9. The lowest BCUT2D eigenvalue weighted by Gasteiger charge is -2.27. The second-order valence-corrected chi connectivity index (χ2v) is 7.45. The highest BCUT2D eigenvalue weighted by molar-refractivity contribution is 5.85. The molecule has 2 aromatic carbocycles. The second-order valence-electron chi connectivity index (χ2n) is 7.45. The Morgan fingerprint density at radius 2 is 1.78 bits per heavy atom. The second kappa shape index (κ2) is 11.3. The van der Waals surface area contributed by atoms with E-state index in [4.69, 9.17) is 10.5 Å². The Hall–Kier alpha value is -2.61. The minimum atomic E-state index is -0.240. The van der Waals surface area contributed by atoms with E-state index in [1.165, 1.54) is 0 Å². The number of aryl methyl sites for hydroxylation is 1. The van der Waals surface area contributed by atoms with Gasteiger partial charge in [0.2, 0.25) is 0 Å². The van der Waals surface area contributed by atoms with Gasteiger partial charge in [0.05, 0.1) is 18.9 Å². The maximum Gasteiger partial charge on any atom is 0.198 e. The van der Waals surface area contributed by atoms with Gasteiger partial charge < -0.3 is 15.4 Å².